The molecule has 0 aliphatic carbocycles. The second kappa shape index (κ2) is 8.71. The van der Waals surface area contributed by atoms with E-state index in [9.17, 15) is 4.57 Å². The van der Waals surface area contributed by atoms with Gasteiger partial charge in [0.05, 0.1) is 6.61 Å². The fourth-order valence-corrected chi connectivity index (χ4v) is 3.16. The van der Waals surface area contributed by atoms with Crippen molar-refractivity contribution in [2.75, 3.05) is 32.0 Å². The Labute approximate surface area is 89.1 Å². The van der Waals surface area contributed by atoms with Crippen LogP contribution in [0.5, 0.6) is 0 Å². The Hall–Kier alpha value is 0.420. The first-order valence-electron chi connectivity index (χ1n) is 4.65. The summed E-state index contributed by atoms with van der Waals surface area (Å²) in [6.07, 6.45) is 0.924. The maximum absolute atomic E-state index is 11.2. The van der Waals surface area contributed by atoms with Gasteiger partial charge in [0.1, 0.15) is 0 Å². The van der Waals surface area contributed by atoms with Crippen LogP contribution in [0.15, 0.2) is 0 Å². The normalized spacial score (nSPS) is 15.4. The van der Waals surface area contributed by atoms with Crippen LogP contribution in [0.4, 0.5) is 0 Å². The van der Waals surface area contributed by atoms with Crippen molar-refractivity contribution in [2.45, 2.75) is 13.3 Å². The van der Waals surface area contributed by atoms with Gasteiger partial charge in [-0.2, -0.15) is 0 Å². The second-order valence-corrected chi connectivity index (χ2v) is 6.63. The molecule has 0 rings (SSSR count). The van der Waals surface area contributed by atoms with Gasteiger partial charge >= 0.3 is 6.80 Å². The first kappa shape index (κ1) is 14.4. The molecule has 14 heavy (non-hydrogen) atoms. The van der Waals surface area contributed by atoms with Crippen molar-refractivity contribution in [2.24, 2.45) is 5.73 Å². The van der Waals surface area contributed by atoms with Crippen molar-refractivity contribution in [3.05, 3.63) is 0 Å². The Morgan fingerprint density at radius 3 is 2.86 bits per heavy atom. The van der Waals surface area contributed by atoms with Crippen molar-refractivity contribution in [1.29, 1.82) is 0 Å². The van der Waals surface area contributed by atoms with Crippen LogP contribution in [0, 0.1) is 0 Å². The van der Waals surface area contributed by atoms with E-state index in [1.54, 1.807) is 6.92 Å². The molecule has 0 aromatic carbocycles. The van der Waals surface area contributed by atoms with Gasteiger partial charge < -0.3 is 20.5 Å². The molecular formula is C7H19N2O3PS. The number of rotatable bonds is 9. The summed E-state index contributed by atoms with van der Waals surface area (Å²) < 4.78 is 15.8. The highest BCUT2D eigenvalue weighted by Gasteiger charge is 2.18. The largest absolute Gasteiger partial charge is 0.386 e. The molecule has 0 heterocycles. The lowest BCUT2D eigenvalue weighted by Gasteiger charge is -2.09. The third kappa shape index (κ3) is 8.99. The van der Waals surface area contributed by atoms with E-state index in [1.807, 2.05) is 0 Å². The summed E-state index contributed by atoms with van der Waals surface area (Å²) in [4.78, 5) is 9.17. The Morgan fingerprint density at radius 1 is 1.57 bits per heavy atom. The third-order valence-electron chi connectivity index (χ3n) is 1.38. The van der Waals surface area contributed by atoms with Crippen LogP contribution in [0.25, 0.3) is 0 Å². The Morgan fingerprint density at radius 2 is 2.29 bits per heavy atom. The molecule has 0 aliphatic rings. The summed E-state index contributed by atoms with van der Waals surface area (Å²) in [7, 11) is 0. The van der Waals surface area contributed by atoms with E-state index in [4.69, 9.17) is 10.6 Å². The zero-order chi connectivity index (χ0) is 10.9. The minimum absolute atomic E-state index is 0.265. The van der Waals surface area contributed by atoms with Crippen LogP contribution >= 0.6 is 18.2 Å². The Bertz CT molecular complexity index is 182. The smallest absolute Gasteiger partial charge is 0.330 e. The van der Waals surface area contributed by atoms with E-state index < -0.39 is 6.80 Å². The zero-order valence-electron chi connectivity index (χ0n) is 8.44. The molecule has 0 aromatic heterocycles. The number of nitrogens with one attached hydrogen (secondary N) is 1. The number of hydrogen-bond acceptors (Lipinski definition) is 5. The minimum atomic E-state index is -3.40. The van der Waals surface area contributed by atoms with E-state index in [0.29, 0.717) is 18.8 Å². The van der Waals surface area contributed by atoms with Crippen LogP contribution in [-0.2, 0) is 9.09 Å². The highest BCUT2D eigenvalue weighted by Crippen LogP contribution is 2.55. The van der Waals surface area contributed by atoms with E-state index >= 15 is 0 Å². The van der Waals surface area contributed by atoms with Crippen LogP contribution in [0.1, 0.15) is 13.3 Å². The molecule has 0 aliphatic heterocycles. The highest BCUT2D eigenvalue weighted by molar-refractivity contribution is 8.54. The maximum atomic E-state index is 11.2. The molecule has 0 bridgehead atoms. The van der Waals surface area contributed by atoms with Gasteiger partial charge in [0, 0.05) is 12.3 Å². The fraction of sp³-hybridized carbons (Fsp3) is 1.00. The maximum Gasteiger partial charge on any atom is 0.386 e. The lowest BCUT2D eigenvalue weighted by molar-refractivity contribution is 0.291. The van der Waals surface area contributed by atoms with E-state index in [2.05, 4.69) is 9.84 Å². The third-order valence-corrected chi connectivity index (χ3v) is 4.52. The SMILES string of the molecule is CCOP(=O)(O)SCCNCCCN. The van der Waals surface area contributed by atoms with Crippen LogP contribution < -0.4 is 11.1 Å². The van der Waals surface area contributed by atoms with Gasteiger partial charge in [-0.3, -0.25) is 0 Å². The summed E-state index contributed by atoms with van der Waals surface area (Å²) in [5, 5.41) is 3.11. The van der Waals surface area contributed by atoms with E-state index in [0.717, 1.165) is 24.3 Å². The van der Waals surface area contributed by atoms with Crippen LogP contribution in [0.3, 0.4) is 0 Å². The van der Waals surface area contributed by atoms with Gasteiger partial charge in [-0.1, -0.05) is 0 Å². The number of nitrogens with two attached hydrogens (primary N) is 1. The van der Waals surface area contributed by atoms with Gasteiger partial charge in [-0.15, -0.1) is 0 Å². The summed E-state index contributed by atoms with van der Waals surface area (Å²) >= 11 is 0.956. The predicted molar refractivity (Wildman–Crippen MR) is 60.5 cm³/mol. The lowest BCUT2D eigenvalue weighted by Crippen LogP contribution is -2.20. The quantitative estimate of drug-likeness (QED) is 0.409. The molecule has 0 aromatic rings. The van der Waals surface area contributed by atoms with Crippen LogP contribution in [0.2, 0.25) is 0 Å². The summed E-state index contributed by atoms with van der Waals surface area (Å²) in [5.41, 5.74) is 5.30. The highest BCUT2D eigenvalue weighted by atomic mass is 32.7. The Balaban J connectivity index is 3.30. The fourth-order valence-electron chi connectivity index (χ4n) is 0.786. The first-order chi connectivity index (χ1) is 6.62. The van der Waals surface area contributed by atoms with Gasteiger partial charge in [-0.05, 0) is 37.8 Å². The summed E-state index contributed by atoms with van der Waals surface area (Å²) in [5.74, 6) is 0.568. The van der Waals surface area contributed by atoms with E-state index in [1.165, 1.54) is 0 Å². The zero-order valence-corrected chi connectivity index (χ0v) is 10.2. The van der Waals surface area contributed by atoms with Gasteiger partial charge in [-0.25, -0.2) is 4.57 Å². The monoisotopic (exact) mass is 242 g/mol. The molecule has 0 amide bonds. The average Bonchev–Trinajstić information content (AvgIpc) is 2.11. The van der Waals surface area contributed by atoms with E-state index in [-0.39, 0.29) is 6.61 Å². The predicted octanol–water partition coefficient (Wildman–Crippen LogP) is 0.795. The lowest BCUT2D eigenvalue weighted by atomic mass is 10.4. The molecule has 0 saturated heterocycles. The molecule has 86 valence electrons. The molecule has 5 nitrogen and oxygen atoms in total. The summed E-state index contributed by atoms with van der Waals surface area (Å²) in [6.45, 7) is 0.776. The van der Waals surface area contributed by atoms with Crippen molar-refractivity contribution < 1.29 is 14.0 Å². The molecule has 4 N–H and O–H groups in total. The molecule has 0 spiro atoms. The Kier molecular flexibility index (Phi) is 8.97. The molecule has 0 saturated carbocycles. The standard InChI is InChI=1S/C7H19N2O3PS/c1-2-12-13(10,11)14-7-6-9-5-3-4-8/h9H,2-8H2,1H3,(H,10,11). The van der Waals surface area contributed by atoms with Crippen molar-refractivity contribution in [1.82, 2.24) is 5.32 Å². The molecule has 0 fully saturated rings. The first-order valence-corrected chi connectivity index (χ1v) is 7.82. The second-order valence-electron chi connectivity index (χ2n) is 2.61. The molecule has 7 heteroatoms. The van der Waals surface area contributed by atoms with Crippen molar-refractivity contribution in [3.63, 3.8) is 0 Å². The average molecular weight is 242 g/mol. The molecule has 0 radical (unpaired) electrons. The minimum Gasteiger partial charge on any atom is -0.330 e. The molecule has 1 unspecified atom stereocenters. The van der Waals surface area contributed by atoms with Crippen molar-refractivity contribution >= 4 is 18.2 Å². The van der Waals surface area contributed by atoms with Gasteiger partial charge in [0.2, 0.25) is 0 Å². The van der Waals surface area contributed by atoms with Gasteiger partial charge in [0.25, 0.3) is 0 Å². The van der Waals surface area contributed by atoms with Crippen molar-refractivity contribution in [3.8, 4) is 0 Å². The summed E-state index contributed by atoms with van der Waals surface area (Å²) in [6, 6.07) is 0. The van der Waals surface area contributed by atoms with Gasteiger partial charge in [0.15, 0.2) is 0 Å². The molecule has 1 atom stereocenters. The number of hydrogen-bond donors (Lipinski definition) is 3. The topological polar surface area (TPSA) is 84.6 Å². The van der Waals surface area contributed by atoms with Crippen LogP contribution in [-0.4, -0.2) is 36.9 Å². The molecular weight excluding hydrogens is 223 g/mol.